The Labute approximate surface area is 75.9 Å². The lowest BCUT2D eigenvalue weighted by molar-refractivity contribution is 0.959. The van der Waals surface area contributed by atoms with Crippen molar-refractivity contribution < 1.29 is 0 Å². The maximum Gasteiger partial charge on any atom is 0.120 e. The highest BCUT2D eigenvalue weighted by Crippen LogP contribution is 2.13. The Morgan fingerprint density at radius 1 is 1.33 bits per heavy atom. The molecule has 4 heteroatoms. The summed E-state index contributed by atoms with van der Waals surface area (Å²) in [7, 11) is 0. The van der Waals surface area contributed by atoms with Crippen LogP contribution in [0.5, 0.6) is 0 Å². The van der Waals surface area contributed by atoms with E-state index in [0.29, 0.717) is 0 Å². The number of nitrogens with zero attached hydrogens (tertiary/aromatic N) is 2. The van der Waals surface area contributed by atoms with Gasteiger partial charge in [-0.3, -0.25) is 0 Å². The van der Waals surface area contributed by atoms with Gasteiger partial charge in [-0.25, -0.2) is 0 Å². The number of nitrogens with one attached hydrogen (secondary N) is 1. The van der Waals surface area contributed by atoms with Crippen molar-refractivity contribution in [1.29, 1.82) is 0 Å². The second kappa shape index (κ2) is 3.36. The molecule has 2 aromatic rings. The minimum Gasteiger partial charge on any atom is -0.197 e. The molecule has 0 aliphatic rings. The third-order valence-electron chi connectivity index (χ3n) is 1.60. The van der Waals surface area contributed by atoms with Gasteiger partial charge in [0.15, 0.2) is 0 Å². The molecule has 0 aliphatic carbocycles. The number of hydrogen-bond acceptors (Lipinski definition) is 2. The lowest BCUT2D eigenvalue weighted by Crippen LogP contribution is -1.74. The van der Waals surface area contributed by atoms with Gasteiger partial charge in [-0.15, -0.1) is 12.4 Å². The Morgan fingerprint density at radius 3 is 2.92 bits per heavy atom. The molecular formula is C8H8ClN3. The molecule has 0 spiro atoms. The number of H-pyrrole nitrogens is 1. The van der Waals surface area contributed by atoms with Crippen molar-refractivity contribution in [2.24, 2.45) is 0 Å². The number of rotatable bonds is 1. The fraction of sp³-hybridized carbons (Fsp3) is 0. The highest BCUT2D eigenvalue weighted by molar-refractivity contribution is 5.85. The van der Waals surface area contributed by atoms with Crippen LogP contribution < -0.4 is 0 Å². The van der Waals surface area contributed by atoms with Crippen LogP contribution in [0, 0.1) is 0 Å². The summed E-state index contributed by atoms with van der Waals surface area (Å²) in [6.45, 7) is 3.68. The van der Waals surface area contributed by atoms with Crippen molar-refractivity contribution >= 4 is 29.5 Å². The standard InChI is InChI=1S/C8H7N3.ClH/c1-2-6-4-3-5-7-8(6)10-11-9-7;/h2-5H,1H2,(H,9,10,11);1H. The van der Waals surface area contributed by atoms with Gasteiger partial charge in [-0.05, 0) is 6.07 Å². The molecule has 0 atom stereocenters. The summed E-state index contributed by atoms with van der Waals surface area (Å²) < 4.78 is 0. The minimum atomic E-state index is 0. The van der Waals surface area contributed by atoms with Crippen LogP contribution in [-0.2, 0) is 0 Å². The molecule has 0 saturated heterocycles. The third-order valence-corrected chi connectivity index (χ3v) is 1.60. The van der Waals surface area contributed by atoms with Gasteiger partial charge >= 0.3 is 0 Å². The first-order chi connectivity index (χ1) is 5.42. The number of aromatic nitrogens is 3. The highest BCUT2D eigenvalue weighted by Gasteiger charge is 1.99. The van der Waals surface area contributed by atoms with Crippen LogP contribution in [0.15, 0.2) is 24.8 Å². The second-order valence-electron chi connectivity index (χ2n) is 2.24. The van der Waals surface area contributed by atoms with E-state index in [1.54, 1.807) is 6.08 Å². The summed E-state index contributed by atoms with van der Waals surface area (Å²) in [5, 5.41) is 10.5. The highest BCUT2D eigenvalue weighted by atomic mass is 35.5. The van der Waals surface area contributed by atoms with Gasteiger partial charge in [0.2, 0.25) is 0 Å². The van der Waals surface area contributed by atoms with Gasteiger partial charge in [0.1, 0.15) is 11.0 Å². The third kappa shape index (κ3) is 1.19. The first-order valence-corrected chi connectivity index (χ1v) is 3.34. The monoisotopic (exact) mass is 181 g/mol. The number of benzene rings is 1. The largest absolute Gasteiger partial charge is 0.197 e. The molecule has 1 aromatic heterocycles. The first kappa shape index (κ1) is 8.74. The van der Waals surface area contributed by atoms with E-state index < -0.39 is 0 Å². The summed E-state index contributed by atoms with van der Waals surface area (Å²) in [5.74, 6) is 0. The molecule has 12 heavy (non-hydrogen) atoms. The number of para-hydroxylation sites is 1. The van der Waals surface area contributed by atoms with Crippen molar-refractivity contribution in [3.63, 3.8) is 0 Å². The van der Waals surface area contributed by atoms with Gasteiger partial charge in [0, 0.05) is 5.56 Å². The van der Waals surface area contributed by atoms with Crippen LogP contribution in [0.2, 0.25) is 0 Å². The first-order valence-electron chi connectivity index (χ1n) is 3.34. The molecule has 0 radical (unpaired) electrons. The SMILES string of the molecule is C=Cc1cccc2n[nH]nc12.Cl. The van der Waals surface area contributed by atoms with Gasteiger partial charge in [-0.2, -0.15) is 15.4 Å². The molecule has 2 rings (SSSR count). The van der Waals surface area contributed by atoms with Crippen LogP contribution >= 0.6 is 12.4 Å². The maximum atomic E-state index is 3.98. The Hall–Kier alpha value is -1.35. The molecule has 0 saturated carbocycles. The molecule has 1 aromatic carbocycles. The Balaban J connectivity index is 0.000000720. The summed E-state index contributed by atoms with van der Waals surface area (Å²) in [6.07, 6.45) is 1.77. The number of hydrogen-bond donors (Lipinski definition) is 1. The maximum absolute atomic E-state index is 3.98. The Bertz CT molecular complexity index is 394. The summed E-state index contributed by atoms with van der Waals surface area (Å²) >= 11 is 0. The van der Waals surface area contributed by atoms with E-state index >= 15 is 0 Å². The Morgan fingerprint density at radius 2 is 2.17 bits per heavy atom. The molecule has 0 amide bonds. The Kier molecular flexibility index (Phi) is 2.45. The lowest BCUT2D eigenvalue weighted by atomic mass is 10.2. The van der Waals surface area contributed by atoms with Crippen molar-refractivity contribution in [3.05, 3.63) is 30.3 Å². The van der Waals surface area contributed by atoms with Crippen LogP contribution in [0.25, 0.3) is 17.1 Å². The summed E-state index contributed by atoms with van der Waals surface area (Å²) in [5.41, 5.74) is 2.76. The zero-order valence-electron chi connectivity index (χ0n) is 6.32. The molecule has 0 unspecified atom stereocenters. The van der Waals surface area contributed by atoms with Crippen molar-refractivity contribution in [1.82, 2.24) is 15.4 Å². The molecule has 1 heterocycles. The number of halogens is 1. The van der Waals surface area contributed by atoms with E-state index in [9.17, 15) is 0 Å². The lowest BCUT2D eigenvalue weighted by Gasteiger charge is -1.90. The average molecular weight is 182 g/mol. The summed E-state index contributed by atoms with van der Waals surface area (Å²) in [6, 6.07) is 5.80. The van der Waals surface area contributed by atoms with Gasteiger partial charge in [0.05, 0.1) is 0 Å². The number of fused-ring (bicyclic) bond motifs is 1. The van der Waals surface area contributed by atoms with E-state index in [2.05, 4.69) is 22.0 Å². The topological polar surface area (TPSA) is 41.6 Å². The van der Waals surface area contributed by atoms with E-state index in [1.165, 1.54) is 0 Å². The normalized spacial score (nSPS) is 9.33. The number of aromatic amines is 1. The second-order valence-corrected chi connectivity index (χ2v) is 2.24. The van der Waals surface area contributed by atoms with E-state index in [1.807, 2.05) is 18.2 Å². The predicted molar refractivity (Wildman–Crippen MR) is 51.2 cm³/mol. The molecule has 62 valence electrons. The fourth-order valence-corrected chi connectivity index (χ4v) is 1.05. The van der Waals surface area contributed by atoms with Crippen molar-refractivity contribution in [3.8, 4) is 0 Å². The molecule has 3 nitrogen and oxygen atoms in total. The van der Waals surface area contributed by atoms with E-state index in [0.717, 1.165) is 16.6 Å². The van der Waals surface area contributed by atoms with Crippen molar-refractivity contribution in [2.75, 3.05) is 0 Å². The fourth-order valence-electron chi connectivity index (χ4n) is 1.05. The molecule has 1 N–H and O–H groups in total. The predicted octanol–water partition coefficient (Wildman–Crippen LogP) is 2.02. The zero-order chi connectivity index (χ0) is 7.68. The van der Waals surface area contributed by atoms with Crippen molar-refractivity contribution in [2.45, 2.75) is 0 Å². The van der Waals surface area contributed by atoms with Crippen LogP contribution in [0.1, 0.15) is 5.56 Å². The van der Waals surface area contributed by atoms with Gasteiger partial charge in [-0.1, -0.05) is 24.8 Å². The molecule has 0 aliphatic heterocycles. The van der Waals surface area contributed by atoms with Gasteiger partial charge in [0.25, 0.3) is 0 Å². The van der Waals surface area contributed by atoms with Gasteiger partial charge < -0.3 is 0 Å². The average Bonchev–Trinajstić information content (AvgIpc) is 2.50. The van der Waals surface area contributed by atoms with Crippen LogP contribution in [0.3, 0.4) is 0 Å². The quantitative estimate of drug-likeness (QED) is 0.732. The van der Waals surface area contributed by atoms with E-state index in [4.69, 9.17) is 0 Å². The zero-order valence-corrected chi connectivity index (χ0v) is 7.14. The molecule has 0 fully saturated rings. The summed E-state index contributed by atoms with van der Waals surface area (Å²) in [4.78, 5) is 0. The molecular weight excluding hydrogens is 174 g/mol. The molecule has 0 bridgehead atoms. The minimum absolute atomic E-state index is 0. The van der Waals surface area contributed by atoms with Crippen LogP contribution in [-0.4, -0.2) is 15.4 Å². The van der Waals surface area contributed by atoms with E-state index in [-0.39, 0.29) is 12.4 Å². The van der Waals surface area contributed by atoms with Crippen LogP contribution in [0.4, 0.5) is 0 Å². The smallest absolute Gasteiger partial charge is 0.120 e.